The molecule has 3 atom stereocenters. The summed E-state index contributed by atoms with van der Waals surface area (Å²) in [5.74, 6) is -1.09. The molecule has 6 heteroatoms. The number of hydrogen-bond acceptors (Lipinski definition) is 4. The Morgan fingerprint density at radius 3 is 2.24 bits per heavy atom. The fourth-order valence-corrected chi connectivity index (χ4v) is 4.81. The molecule has 3 unspecified atom stereocenters. The molecular weight excluding hydrogens is 481 g/mol. The summed E-state index contributed by atoms with van der Waals surface area (Å²) in [7, 11) is 0. The van der Waals surface area contributed by atoms with Gasteiger partial charge in [0.2, 0.25) is 5.91 Å². The highest BCUT2D eigenvalue weighted by Gasteiger charge is 2.52. The van der Waals surface area contributed by atoms with Gasteiger partial charge in [0.25, 0.3) is 0 Å². The van der Waals surface area contributed by atoms with Crippen molar-refractivity contribution in [3.05, 3.63) is 131 Å². The zero-order chi connectivity index (χ0) is 26.6. The van der Waals surface area contributed by atoms with Gasteiger partial charge in [0.05, 0.1) is 18.1 Å². The van der Waals surface area contributed by atoms with Crippen molar-refractivity contribution in [2.24, 2.45) is 5.92 Å². The van der Waals surface area contributed by atoms with Gasteiger partial charge in [0, 0.05) is 17.7 Å². The predicted molar refractivity (Wildman–Crippen MR) is 143 cm³/mol. The third-order valence-corrected chi connectivity index (χ3v) is 6.90. The first-order valence-corrected chi connectivity index (χ1v) is 12.5. The maximum atomic E-state index is 13.6. The van der Waals surface area contributed by atoms with E-state index in [2.05, 4.69) is 0 Å². The largest absolute Gasteiger partial charge is 0.489 e. The molecule has 4 aromatic rings. The topological polar surface area (TPSA) is 66.8 Å². The monoisotopic (exact) mass is 509 g/mol. The minimum atomic E-state index is -1.17. The van der Waals surface area contributed by atoms with E-state index in [1.54, 1.807) is 17.0 Å². The standard InChI is InChI=1S/C32H28FNO4/c1-21-7-9-23(10-8-21)28(35)19-29(36)30-31(34(32(30)37)26-15-13-25(33)14-16-26)24-11-17-27(18-12-24)38-20-22-5-3-2-4-6-22/h2-18,29-31,36H,19-20H2,1H3. The van der Waals surface area contributed by atoms with Crippen molar-refractivity contribution >= 4 is 17.4 Å². The molecule has 0 radical (unpaired) electrons. The molecule has 4 aromatic carbocycles. The zero-order valence-electron chi connectivity index (χ0n) is 21.0. The Bertz CT molecular complexity index is 1400. The van der Waals surface area contributed by atoms with E-state index in [9.17, 15) is 19.1 Å². The van der Waals surface area contributed by atoms with Crippen LogP contribution in [0.5, 0.6) is 5.75 Å². The van der Waals surface area contributed by atoms with E-state index in [1.807, 2.05) is 73.7 Å². The molecule has 5 nitrogen and oxygen atoms in total. The Labute approximate surface area is 221 Å². The van der Waals surface area contributed by atoms with E-state index in [4.69, 9.17) is 4.74 Å². The highest BCUT2D eigenvalue weighted by molar-refractivity contribution is 6.04. The summed E-state index contributed by atoms with van der Waals surface area (Å²) in [4.78, 5) is 27.7. The first-order valence-electron chi connectivity index (χ1n) is 12.5. The first kappa shape index (κ1) is 25.4. The molecule has 0 saturated carbocycles. The van der Waals surface area contributed by atoms with Crippen molar-refractivity contribution in [1.82, 2.24) is 0 Å². The number of nitrogens with zero attached hydrogens (tertiary/aromatic N) is 1. The SMILES string of the molecule is Cc1ccc(C(=O)CC(O)C2C(=O)N(c3ccc(F)cc3)C2c2ccc(OCc3ccccc3)cc2)cc1. The molecule has 0 bridgehead atoms. The lowest BCUT2D eigenvalue weighted by atomic mass is 9.76. The molecule has 1 N–H and O–H groups in total. The van der Waals surface area contributed by atoms with Crippen LogP contribution < -0.4 is 9.64 Å². The number of ether oxygens (including phenoxy) is 1. The molecule has 1 fully saturated rings. The number of aryl methyl sites for hydroxylation is 1. The maximum absolute atomic E-state index is 13.6. The molecule has 1 heterocycles. The van der Waals surface area contributed by atoms with Crippen LogP contribution in [-0.2, 0) is 11.4 Å². The lowest BCUT2D eigenvalue weighted by molar-refractivity contribution is -0.135. The summed E-state index contributed by atoms with van der Waals surface area (Å²) in [5.41, 5.74) is 3.88. The molecule has 0 aromatic heterocycles. The quantitative estimate of drug-likeness (QED) is 0.220. The Morgan fingerprint density at radius 2 is 1.58 bits per heavy atom. The Kier molecular flexibility index (Phi) is 7.33. The fraction of sp³-hybridized carbons (Fsp3) is 0.188. The fourth-order valence-electron chi connectivity index (χ4n) is 4.81. The number of rotatable bonds is 9. The molecule has 0 spiro atoms. The van der Waals surface area contributed by atoms with Gasteiger partial charge in [-0.2, -0.15) is 0 Å². The second-order valence-corrected chi connectivity index (χ2v) is 9.56. The second-order valence-electron chi connectivity index (χ2n) is 9.56. The number of hydrogen-bond donors (Lipinski definition) is 1. The smallest absolute Gasteiger partial charge is 0.235 e. The van der Waals surface area contributed by atoms with Crippen LogP contribution in [0.3, 0.4) is 0 Å². The lowest BCUT2D eigenvalue weighted by Crippen LogP contribution is -2.59. The average Bonchev–Trinajstić information content (AvgIpc) is 2.93. The second kappa shape index (κ2) is 11.0. The number of aliphatic hydroxyl groups is 1. The van der Waals surface area contributed by atoms with Crippen LogP contribution in [0, 0.1) is 18.7 Å². The van der Waals surface area contributed by atoms with E-state index < -0.39 is 23.9 Å². The zero-order valence-corrected chi connectivity index (χ0v) is 21.0. The molecule has 5 rings (SSSR count). The molecule has 1 saturated heterocycles. The van der Waals surface area contributed by atoms with Gasteiger partial charge < -0.3 is 14.7 Å². The average molecular weight is 510 g/mol. The minimum absolute atomic E-state index is 0.175. The third-order valence-electron chi connectivity index (χ3n) is 6.90. The van der Waals surface area contributed by atoms with Crippen LogP contribution in [0.15, 0.2) is 103 Å². The van der Waals surface area contributed by atoms with Crippen molar-refractivity contribution in [3.8, 4) is 5.75 Å². The van der Waals surface area contributed by atoms with Crippen LogP contribution in [0.1, 0.15) is 39.5 Å². The third kappa shape index (κ3) is 5.36. The van der Waals surface area contributed by atoms with Crippen LogP contribution in [0.4, 0.5) is 10.1 Å². The van der Waals surface area contributed by atoms with Crippen molar-refractivity contribution in [2.45, 2.75) is 32.1 Å². The number of aliphatic hydroxyl groups excluding tert-OH is 1. The summed E-state index contributed by atoms with van der Waals surface area (Å²) >= 11 is 0. The van der Waals surface area contributed by atoms with E-state index in [0.717, 1.165) is 16.7 Å². The number of anilines is 1. The number of ketones is 1. The number of Topliss-reactive ketones (excluding diaryl/α,β-unsaturated/α-hetero) is 1. The van der Waals surface area contributed by atoms with Gasteiger partial charge in [-0.3, -0.25) is 9.59 Å². The van der Waals surface area contributed by atoms with E-state index >= 15 is 0 Å². The van der Waals surface area contributed by atoms with Crippen molar-refractivity contribution in [3.63, 3.8) is 0 Å². The van der Waals surface area contributed by atoms with Gasteiger partial charge >= 0.3 is 0 Å². The number of carbonyl (C=O) groups is 2. The Balaban J connectivity index is 1.36. The molecule has 1 amide bonds. The van der Waals surface area contributed by atoms with Crippen LogP contribution in [0.2, 0.25) is 0 Å². The molecule has 192 valence electrons. The first-order chi connectivity index (χ1) is 18.4. The maximum Gasteiger partial charge on any atom is 0.235 e. The van der Waals surface area contributed by atoms with Gasteiger partial charge in [-0.1, -0.05) is 72.3 Å². The molecular formula is C32H28FNO4. The normalized spacial score (nSPS) is 17.6. The summed E-state index contributed by atoms with van der Waals surface area (Å²) in [5, 5.41) is 11.1. The molecule has 38 heavy (non-hydrogen) atoms. The van der Waals surface area contributed by atoms with Crippen LogP contribution in [0.25, 0.3) is 0 Å². The highest BCUT2D eigenvalue weighted by atomic mass is 19.1. The molecule has 0 aliphatic carbocycles. The Morgan fingerprint density at radius 1 is 0.921 bits per heavy atom. The molecule has 1 aliphatic heterocycles. The predicted octanol–water partition coefficient (Wildman–Crippen LogP) is 6.05. The molecule has 1 aliphatic rings. The minimum Gasteiger partial charge on any atom is -0.489 e. The number of benzene rings is 4. The summed E-state index contributed by atoms with van der Waals surface area (Å²) in [6.45, 7) is 2.36. The number of β-lactam (4-membered cyclic amide) rings is 1. The van der Waals surface area contributed by atoms with Crippen molar-refractivity contribution in [2.75, 3.05) is 4.90 Å². The number of amides is 1. The van der Waals surface area contributed by atoms with Gasteiger partial charge in [0.15, 0.2) is 5.78 Å². The Hall–Kier alpha value is -4.29. The van der Waals surface area contributed by atoms with Gasteiger partial charge in [-0.15, -0.1) is 0 Å². The van der Waals surface area contributed by atoms with Crippen LogP contribution >= 0.6 is 0 Å². The van der Waals surface area contributed by atoms with Gasteiger partial charge in [-0.05, 0) is 54.4 Å². The van der Waals surface area contributed by atoms with Crippen molar-refractivity contribution in [1.29, 1.82) is 0 Å². The van der Waals surface area contributed by atoms with E-state index in [1.165, 1.54) is 24.3 Å². The van der Waals surface area contributed by atoms with E-state index in [-0.39, 0.29) is 18.1 Å². The summed E-state index contributed by atoms with van der Waals surface area (Å²) in [6.07, 6.45) is -1.35. The van der Waals surface area contributed by atoms with Crippen molar-refractivity contribution < 1.29 is 23.8 Å². The number of halogens is 1. The van der Waals surface area contributed by atoms with E-state index in [0.29, 0.717) is 23.6 Å². The number of carbonyl (C=O) groups excluding carboxylic acids is 2. The van der Waals surface area contributed by atoms with Gasteiger partial charge in [-0.25, -0.2) is 4.39 Å². The van der Waals surface area contributed by atoms with Gasteiger partial charge in [0.1, 0.15) is 18.2 Å². The summed E-state index contributed by atoms with van der Waals surface area (Å²) < 4.78 is 19.5. The lowest BCUT2D eigenvalue weighted by Gasteiger charge is -2.49. The van der Waals surface area contributed by atoms with Crippen LogP contribution in [-0.4, -0.2) is 22.9 Å². The highest BCUT2D eigenvalue weighted by Crippen LogP contribution is 2.46. The summed E-state index contributed by atoms with van der Waals surface area (Å²) in [6, 6.07) is 29.5.